The maximum atomic E-state index is 3.59. The van der Waals surface area contributed by atoms with Crippen LogP contribution in [0.3, 0.4) is 0 Å². The van der Waals surface area contributed by atoms with E-state index in [4.69, 9.17) is 0 Å². The zero-order valence-electron chi connectivity index (χ0n) is 15.3. The Bertz CT molecular complexity index is 662. The van der Waals surface area contributed by atoms with Crippen LogP contribution in [0.1, 0.15) is 88.3 Å². The van der Waals surface area contributed by atoms with Crippen molar-refractivity contribution >= 4 is 10.9 Å². The van der Waals surface area contributed by atoms with E-state index in [-0.39, 0.29) is 0 Å². The summed E-state index contributed by atoms with van der Waals surface area (Å²) in [5, 5.41) is 1.43. The molecule has 2 fully saturated rings. The summed E-state index contributed by atoms with van der Waals surface area (Å²) < 4.78 is 0. The van der Waals surface area contributed by atoms with Gasteiger partial charge in [-0.05, 0) is 66.2 Å². The second kappa shape index (κ2) is 7.33. The lowest BCUT2D eigenvalue weighted by Crippen LogP contribution is -2.23. The third-order valence-corrected chi connectivity index (χ3v) is 6.72. The fraction of sp³-hybridized carbons (Fsp3) is 0.652. The van der Waals surface area contributed by atoms with E-state index in [0.29, 0.717) is 0 Å². The van der Waals surface area contributed by atoms with Gasteiger partial charge in [0.25, 0.3) is 0 Å². The van der Waals surface area contributed by atoms with Crippen LogP contribution in [0.25, 0.3) is 10.9 Å². The maximum Gasteiger partial charge on any atom is 0.0456 e. The molecule has 2 aromatic rings. The van der Waals surface area contributed by atoms with Gasteiger partial charge in [-0.1, -0.05) is 64.4 Å². The van der Waals surface area contributed by atoms with E-state index < -0.39 is 0 Å². The minimum atomic E-state index is 0.805. The van der Waals surface area contributed by atoms with Crippen molar-refractivity contribution in [2.45, 2.75) is 83.5 Å². The molecule has 2 aliphatic carbocycles. The molecule has 1 nitrogen and oxygen atoms in total. The van der Waals surface area contributed by atoms with E-state index in [9.17, 15) is 0 Å². The highest BCUT2D eigenvalue weighted by molar-refractivity contribution is 5.81. The van der Waals surface area contributed by atoms with Gasteiger partial charge in [-0.25, -0.2) is 0 Å². The summed E-state index contributed by atoms with van der Waals surface area (Å²) in [5.41, 5.74) is 4.32. The lowest BCUT2D eigenvalue weighted by Gasteiger charge is -2.36. The summed E-state index contributed by atoms with van der Waals surface area (Å²) in [6.45, 7) is 2.25. The molecule has 0 radical (unpaired) electrons. The summed E-state index contributed by atoms with van der Waals surface area (Å²) in [7, 11) is 0. The first kappa shape index (κ1) is 16.2. The van der Waals surface area contributed by atoms with Gasteiger partial charge < -0.3 is 4.98 Å². The highest BCUT2D eigenvalue weighted by atomic mass is 14.7. The molecule has 0 bridgehead atoms. The molecule has 0 amide bonds. The topological polar surface area (TPSA) is 15.8 Å². The SMILES string of the molecule is CCCc1cc2cc([C@H]3CCC[C@H](C4CCCCC4)C3)ccc2[nH]1. The maximum absolute atomic E-state index is 3.59. The molecule has 0 aliphatic heterocycles. The minimum absolute atomic E-state index is 0.805. The molecule has 0 saturated heterocycles. The number of nitrogens with one attached hydrogen (secondary N) is 1. The molecule has 1 aromatic carbocycles. The summed E-state index contributed by atoms with van der Waals surface area (Å²) in [5.74, 6) is 2.84. The van der Waals surface area contributed by atoms with E-state index in [1.54, 1.807) is 5.56 Å². The lowest BCUT2D eigenvalue weighted by atomic mass is 9.69. The zero-order valence-corrected chi connectivity index (χ0v) is 15.3. The number of aromatic amines is 1. The minimum Gasteiger partial charge on any atom is -0.358 e. The van der Waals surface area contributed by atoms with Crippen molar-refractivity contribution in [3.63, 3.8) is 0 Å². The molecule has 24 heavy (non-hydrogen) atoms. The Hall–Kier alpha value is -1.24. The number of hydrogen-bond donors (Lipinski definition) is 1. The third kappa shape index (κ3) is 3.41. The second-order valence-electron chi connectivity index (χ2n) is 8.41. The largest absolute Gasteiger partial charge is 0.358 e. The van der Waals surface area contributed by atoms with Gasteiger partial charge in [0.15, 0.2) is 0 Å². The highest BCUT2D eigenvalue weighted by Gasteiger charge is 2.30. The first-order chi connectivity index (χ1) is 11.8. The first-order valence-corrected chi connectivity index (χ1v) is 10.4. The van der Waals surface area contributed by atoms with Crippen LogP contribution in [0.4, 0.5) is 0 Å². The van der Waals surface area contributed by atoms with Gasteiger partial charge in [0.2, 0.25) is 0 Å². The fourth-order valence-corrected chi connectivity index (χ4v) is 5.43. The van der Waals surface area contributed by atoms with Crippen LogP contribution < -0.4 is 0 Å². The predicted molar refractivity (Wildman–Crippen MR) is 104 cm³/mol. The van der Waals surface area contributed by atoms with Crippen molar-refractivity contribution in [3.05, 3.63) is 35.5 Å². The van der Waals surface area contributed by atoms with Gasteiger partial charge in [-0.15, -0.1) is 0 Å². The third-order valence-electron chi connectivity index (χ3n) is 6.72. The molecule has 2 aliphatic rings. The molecule has 4 rings (SSSR count). The van der Waals surface area contributed by atoms with Crippen LogP contribution in [-0.4, -0.2) is 4.98 Å². The molecule has 2 atom stereocenters. The fourth-order valence-electron chi connectivity index (χ4n) is 5.43. The summed E-state index contributed by atoms with van der Waals surface area (Å²) in [6, 6.07) is 9.60. The number of rotatable bonds is 4. The van der Waals surface area contributed by atoms with Gasteiger partial charge in [0, 0.05) is 11.2 Å². The van der Waals surface area contributed by atoms with Crippen molar-refractivity contribution in [1.29, 1.82) is 0 Å². The molecule has 0 spiro atoms. The van der Waals surface area contributed by atoms with E-state index in [1.807, 2.05) is 0 Å². The Labute approximate surface area is 147 Å². The Morgan fingerprint density at radius 1 is 0.917 bits per heavy atom. The Balaban J connectivity index is 1.50. The molecular weight excluding hydrogens is 290 g/mol. The summed E-state index contributed by atoms with van der Waals surface area (Å²) >= 11 is 0. The molecule has 130 valence electrons. The van der Waals surface area contributed by atoms with E-state index >= 15 is 0 Å². The van der Waals surface area contributed by atoms with Crippen molar-refractivity contribution in [2.75, 3.05) is 0 Å². The highest BCUT2D eigenvalue weighted by Crippen LogP contribution is 2.44. The second-order valence-corrected chi connectivity index (χ2v) is 8.41. The van der Waals surface area contributed by atoms with Crippen molar-refractivity contribution < 1.29 is 0 Å². The molecular formula is C23H33N. The van der Waals surface area contributed by atoms with Crippen LogP contribution in [0, 0.1) is 11.8 Å². The van der Waals surface area contributed by atoms with Gasteiger partial charge >= 0.3 is 0 Å². The lowest BCUT2D eigenvalue weighted by molar-refractivity contribution is 0.183. The molecule has 0 unspecified atom stereocenters. The average Bonchev–Trinajstić information content (AvgIpc) is 3.04. The average molecular weight is 324 g/mol. The molecule has 1 heteroatoms. The smallest absolute Gasteiger partial charge is 0.0456 e. The number of aromatic nitrogens is 1. The number of hydrogen-bond acceptors (Lipinski definition) is 0. The number of aryl methyl sites for hydroxylation is 1. The van der Waals surface area contributed by atoms with Crippen LogP contribution in [0.15, 0.2) is 24.3 Å². The molecule has 2 saturated carbocycles. The Morgan fingerprint density at radius 2 is 1.75 bits per heavy atom. The summed E-state index contributed by atoms with van der Waals surface area (Å²) in [6.07, 6.45) is 15.6. The van der Waals surface area contributed by atoms with Crippen LogP contribution in [0.5, 0.6) is 0 Å². The number of H-pyrrole nitrogens is 1. The molecule has 1 N–H and O–H groups in total. The number of fused-ring (bicyclic) bond motifs is 1. The Morgan fingerprint density at radius 3 is 2.58 bits per heavy atom. The quantitative estimate of drug-likeness (QED) is 0.625. The van der Waals surface area contributed by atoms with E-state index in [1.165, 1.54) is 80.8 Å². The van der Waals surface area contributed by atoms with Gasteiger partial charge in [0.05, 0.1) is 0 Å². The van der Waals surface area contributed by atoms with E-state index in [2.05, 4.69) is 36.2 Å². The predicted octanol–water partition coefficient (Wildman–Crippen LogP) is 6.97. The van der Waals surface area contributed by atoms with Gasteiger partial charge in [-0.2, -0.15) is 0 Å². The molecule has 1 heterocycles. The Kier molecular flexibility index (Phi) is 4.96. The van der Waals surface area contributed by atoms with Crippen molar-refractivity contribution in [3.8, 4) is 0 Å². The van der Waals surface area contributed by atoms with E-state index in [0.717, 1.165) is 24.2 Å². The van der Waals surface area contributed by atoms with Crippen LogP contribution in [0.2, 0.25) is 0 Å². The van der Waals surface area contributed by atoms with Crippen molar-refractivity contribution in [1.82, 2.24) is 4.98 Å². The molecule has 1 aromatic heterocycles. The normalized spacial score (nSPS) is 26.0. The summed E-state index contributed by atoms with van der Waals surface area (Å²) in [4.78, 5) is 3.59. The van der Waals surface area contributed by atoms with Crippen LogP contribution >= 0.6 is 0 Å². The monoisotopic (exact) mass is 323 g/mol. The van der Waals surface area contributed by atoms with Gasteiger partial charge in [0.1, 0.15) is 0 Å². The van der Waals surface area contributed by atoms with Gasteiger partial charge in [-0.3, -0.25) is 0 Å². The van der Waals surface area contributed by atoms with Crippen molar-refractivity contribution in [2.24, 2.45) is 11.8 Å². The first-order valence-electron chi connectivity index (χ1n) is 10.4. The standard InChI is InChI=1S/C23H33N/c1-2-7-22-16-21-15-20(12-13-23(21)24-22)19-11-6-10-18(14-19)17-8-4-3-5-9-17/h12-13,15-19,24H,2-11,14H2,1H3/t18-,19-/m0/s1. The van der Waals surface area contributed by atoms with Crippen LogP contribution in [-0.2, 0) is 6.42 Å². The number of benzene rings is 1. The zero-order chi connectivity index (χ0) is 16.4.